The molecule has 6 N–H and O–H groups in total. The quantitative estimate of drug-likeness (QED) is 0.0907. The van der Waals surface area contributed by atoms with E-state index in [0.717, 1.165) is 11.3 Å². The molecule has 6 aromatic rings. The zero-order valence-electron chi connectivity index (χ0n) is 31.2. The van der Waals surface area contributed by atoms with Gasteiger partial charge in [0.1, 0.15) is 34.5 Å². The minimum Gasteiger partial charge on any atom is -0.508 e. The van der Waals surface area contributed by atoms with Crippen LogP contribution in [-0.4, -0.2) is 44.7 Å². The summed E-state index contributed by atoms with van der Waals surface area (Å²) in [6.07, 6.45) is -9.84. The molecule has 0 saturated heterocycles. The molecular weight excluding hydrogens is 929 g/mol. The van der Waals surface area contributed by atoms with E-state index in [-0.39, 0.29) is 40.5 Å². The fourth-order valence-corrected chi connectivity index (χ4v) is 4.99. The van der Waals surface area contributed by atoms with Crippen molar-refractivity contribution in [2.75, 3.05) is 19.0 Å². The summed E-state index contributed by atoms with van der Waals surface area (Å²) in [5.74, 6) is -0.228. The van der Waals surface area contributed by atoms with Gasteiger partial charge in [0.25, 0.3) is 0 Å². The highest BCUT2D eigenvalue weighted by atomic mass is 35.5. The average molecular weight is 964 g/mol. The van der Waals surface area contributed by atoms with E-state index in [9.17, 15) is 26.3 Å². The van der Waals surface area contributed by atoms with Crippen LogP contribution in [0.25, 0.3) is 0 Å². The number of hydrogen-bond acceptors (Lipinski definition) is 7. The maximum Gasteiger partial charge on any atom is 0.416 e. The van der Waals surface area contributed by atoms with E-state index in [4.69, 9.17) is 100 Å². The number of rotatable bonds is 1. The third kappa shape index (κ3) is 21.5. The number of halogens is 12. The van der Waals surface area contributed by atoms with Crippen LogP contribution in [0.2, 0.25) is 30.1 Å². The Balaban J connectivity index is 0.000000365. The summed E-state index contributed by atoms with van der Waals surface area (Å²) in [7, 11) is 3.88. The Morgan fingerprint density at radius 1 is 0.417 bits per heavy atom. The molecular formula is C41H35Cl6F6NO6. The highest BCUT2D eigenvalue weighted by Gasteiger charge is 2.36. The van der Waals surface area contributed by atoms with Crippen LogP contribution in [0.4, 0.5) is 32.0 Å². The lowest BCUT2D eigenvalue weighted by atomic mass is 10.1. The number of benzene rings is 6. The van der Waals surface area contributed by atoms with Crippen LogP contribution in [0.5, 0.6) is 34.5 Å². The number of anilines is 1. The lowest BCUT2D eigenvalue weighted by Gasteiger charge is -2.11. The normalized spacial score (nSPS) is 10.3. The summed E-state index contributed by atoms with van der Waals surface area (Å²) in [6, 6.07) is 28.3. The molecule has 7 nitrogen and oxygen atoms in total. The fraction of sp³-hybridized carbons (Fsp3) is 0.122. The first-order valence-electron chi connectivity index (χ1n) is 16.3. The van der Waals surface area contributed by atoms with Crippen molar-refractivity contribution >= 4 is 75.3 Å². The van der Waals surface area contributed by atoms with Crippen LogP contribution < -0.4 is 4.90 Å². The Labute approximate surface area is 371 Å². The lowest BCUT2D eigenvalue weighted by molar-refractivity contribution is -0.143. The SMILES string of the molecule is CN(C)c1cccc(O)c1.Cc1ccccc1O.Oc1cc(C(F)(F)F)cc(C(F)(F)F)c1.Oc1cc(Cl)cc(Cl)c1.Oc1cc(Cl)ccc1Cl.Oc1ccc(Cl)cc1Cl. The van der Waals surface area contributed by atoms with Gasteiger partial charge in [-0.25, -0.2) is 0 Å². The summed E-state index contributed by atoms with van der Waals surface area (Å²) >= 11 is 33.0. The number of aromatic hydroxyl groups is 6. The van der Waals surface area contributed by atoms with Crippen LogP contribution in [0.3, 0.4) is 0 Å². The molecule has 0 aliphatic rings. The standard InChI is InChI=1S/C8H4F6O.C8H11NO.C7H8O.3C6H4Cl2O/c9-7(10,11)4-1-5(8(12,13)14)3-6(15)2-4;1-9(2)7-4-3-5-8(10)6-7;1-6-4-2-3-5-7(6)8;7-4-1-5(8)3-6(9)2-4;7-4-1-2-6(9)5(8)3-4;7-4-1-2-5(8)6(9)3-4/h1-3,15H;3-6,10H,1-2H3;2-5,8H,1H3;3*1-3,9H. The summed E-state index contributed by atoms with van der Waals surface area (Å²) < 4.78 is 72.3. The van der Waals surface area contributed by atoms with Gasteiger partial charge in [0.15, 0.2) is 0 Å². The summed E-state index contributed by atoms with van der Waals surface area (Å²) in [4.78, 5) is 1.94. The molecule has 324 valence electrons. The number of phenols is 6. The molecule has 0 saturated carbocycles. The fourth-order valence-electron chi connectivity index (χ4n) is 3.78. The molecule has 0 heterocycles. The topological polar surface area (TPSA) is 125 Å². The summed E-state index contributed by atoms with van der Waals surface area (Å²) in [5.41, 5.74) is -1.13. The van der Waals surface area contributed by atoms with E-state index in [1.165, 1.54) is 30.3 Å². The molecule has 0 fully saturated rings. The first-order chi connectivity index (χ1) is 27.7. The van der Waals surface area contributed by atoms with Crippen molar-refractivity contribution in [1.82, 2.24) is 0 Å². The van der Waals surface area contributed by atoms with Gasteiger partial charge in [-0.3, -0.25) is 0 Å². The van der Waals surface area contributed by atoms with Gasteiger partial charge in [0.2, 0.25) is 0 Å². The predicted octanol–water partition coefficient (Wildman–Crippen LogP) is 14.7. The Kier molecular flexibility index (Phi) is 22.3. The minimum atomic E-state index is -4.92. The van der Waals surface area contributed by atoms with Gasteiger partial charge in [0.05, 0.1) is 21.2 Å². The Bertz CT molecular complexity index is 2110. The number of nitrogens with zero attached hydrogens (tertiary/aromatic N) is 1. The molecule has 6 aromatic carbocycles. The Morgan fingerprint density at radius 3 is 1.28 bits per heavy atom. The molecule has 19 heteroatoms. The molecule has 0 radical (unpaired) electrons. The lowest BCUT2D eigenvalue weighted by Crippen LogP contribution is -2.10. The van der Waals surface area contributed by atoms with Crippen molar-refractivity contribution in [1.29, 1.82) is 0 Å². The number of aryl methyl sites for hydroxylation is 1. The van der Waals surface area contributed by atoms with Crippen LogP contribution in [0, 0.1) is 6.92 Å². The number of hydrogen-bond donors (Lipinski definition) is 6. The maximum atomic E-state index is 12.1. The second-order valence-electron chi connectivity index (χ2n) is 11.8. The van der Waals surface area contributed by atoms with Crippen LogP contribution in [0.1, 0.15) is 16.7 Å². The van der Waals surface area contributed by atoms with Crippen LogP contribution >= 0.6 is 69.6 Å². The predicted molar refractivity (Wildman–Crippen MR) is 228 cm³/mol. The van der Waals surface area contributed by atoms with Gasteiger partial charge >= 0.3 is 12.4 Å². The Morgan fingerprint density at radius 2 is 0.917 bits per heavy atom. The molecule has 0 spiro atoms. The van der Waals surface area contributed by atoms with E-state index in [2.05, 4.69) is 0 Å². The zero-order valence-corrected chi connectivity index (χ0v) is 35.7. The van der Waals surface area contributed by atoms with Crippen molar-refractivity contribution in [2.24, 2.45) is 0 Å². The van der Waals surface area contributed by atoms with E-state index >= 15 is 0 Å². The van der Waals surface area contributed by atoms with Crippen molar-refractivity contribution in [3.05, 3.63) is 168 Å². The summed E-state index contributed by atoms with van der Waals surface area (Å²) in [5, 5.41) is 55.7. The van der Waals surface area contributed by atoms with Crippen molar-refractivity contribution < 1.29 is 57.0 Å². The monoisotopic (exact) mass is 961 g/mol. The molecule has 0 unspecified atom stereocenters. The molecule has 0 aliphatic heterocycles. The van der Waals surface area contributed by atoms with Gasteiger partial charge in [-0.15, -0.1) is 0 Å². The highest BCUT2D eigenvalue weighted by molar-refractivity contribution is 6.36. The molecule has 0 atom stereocenters. The van der Waals surface area contributed by atoms with Gasteiger partial charge in [-0.1, -0.05) is 93.9 Å². The van der Waals surface area contributed by atoms with Gasteiger partial charge in [-0.05, 0) is 97.4 Å². The Hall–Kier alpha value is -4.76. The van der Waals surface area contributed by atoms with E-state index < -0.39 is 29.2 Å². The molecule has 6 rings (SSSR count). The third-order valence-electron chi connectivity index (χ3n) is 6.70. The molecule has 0 aliphatic carbocycles. The van der Waals surface area contributed by atoms with Crippen molar-refractivity contribution in [2.45, 2.75) is 19.3 Å². The van der Waals surface area contributed by atoms with Crippen LogP contribution in [0.15, 0.2) is 121 Å². The summed E-state index contributed by atoms with van der Waals surface area (Å²) in [6.45, 7) is 1.87. The first kappa shape index (κ1) is 53.3. The maximum absolute atomic E-state index is 12.1. The number of para-hydroxylation sites is 1. The number of alkyl halides is 6. The third-order valence-corrected chi connectivity index (χ3v) is 8.23. The second kappa shape index (κ2) is 25.1. The van der Waals surface area contributed by atoms with Crippen molar-refractivity contribution in [3.8, 4) is 34.5 Å². The van der Waals surface area contributed by atoms with Gasteiger partial charge < -0.3 is 35.5 Å². The zero-order chi connectivity index (χ0) is 46.0. The second-order valence-corrected chi connectivity index (χ2v) is 14.3. The molecule has 0 aromatic heterocycles. The average Bonchev–Trinajstić information content (AvgIpc) is 3.13. The van der Waals surface area contributed by atoms with Crippen molar-refractivity contribution in [3.63, 3.8) is 0 Å². The van der Waals surface area contributed by atoms with E-state index in [0.29, 0.717) is 36.6 Å². The number of phenolic OH excluding ortho intramolecular Hbond substituents is 6. The van der Waals surface area contributed by atoms with Gasteiger partial charge in [0, 0.05) is 52.0 Å². The van der Waals surface area contributed by atoms with E-state index in [1.807, 2.05) is 56.3 Å². The molecule has 0 bridgehead atoms. The smallest absolute Gasteiger partial charge is 0.416 e. The molecule has 0 amide bonds. The highest BCUT2D eigenvalue weighted by Crippen LogP contribution is 2.38. The minimum absolute atomic E-state index is 0.0177. The van der Waals surface area contributed by atoms with Gasteiger partial charge in [-0.2, -0.15) is 26.3 Å². The first-order valence-corrected chi connectivity index (χ1v) is 18.6. The largest absolute Gasteiger partial charge is 0.508 e. The van der Waals surface area contributed by atoms with E-state index in [1.54, 1.807) is 42.5 Å². The molecule has 60 heavy (non-hydrogen) atoms. The van der Waals surface area contributed by atoms with Crippen LogP contribution in [-0.2, 0) is 12.4 Å².